The molecule has 4 heteroatoms. The van der Waals surface area contributed by atoms with Gasteiger partial charge >= 0.3 is 5.97 Å². The Morgan fingerprint density at radius 1 is 1.41 bits per heavy atom. The summed E-state index contributed by atoms with van der Waals surface area (Å²) in [4.78, 5) is 10.8. The van der Waals surface area contributed by atoms with Crippen LogP contribution in [0.15, 0.2) is 0 Å². The lowest BCUT2D eigenvalue weighted by Crippen LogP contribution is -2.45. The molecule has 17 heavy (non-hydrogen) atoms. The van der Waals surface area contributed by atoms with Crippen LogP contribution in [0.2, 0.25) is 0 Å². The van der Waals surface area contributed by atoms with Gasteiger partial charge in [0.25, 0.3) is 0 Å². The Morgan fingerprint density at radius 2 is 2.00 bits per heavy atom. The molecular weight excluding hydrogens is 218 g/mol. The van der Waals surface area contributed by atoms with Gasteiger partial charge in [0.05, 0.1) is 11.5 Å². The van der Waals surface area contributed by atoms with Crippen molar-refractivity contribution in [2.75, 3.05) is 13.1 Å². The van der Waals surface area contributed by atoms with Crippen molar-refractivity contribution in [1.82, 2.24) is 5.32 Å². The molecule has 0 aliphatic heterocycles. The third-order valence-corrected chi connectivity index (χ3v) is 4.40. The van der Waals surface area contributed by atoms with E-state index in [9.17, 15) is 9.90 Å². The maximum absolute atomic E-state index is 10.8. The molecule has 2 aliphatic carbocycles. The standard InChI is InChI=1S/C13H23NO3/c1-9-6-11(9)7-14-8-13(17)4-2-10(3-5-13)12(15)16/h9-11,14,17H,2-8H2,1H3,(H,15,16). The van der Waals surface area contributed by atoms with Crippen LogP contribution in [0.25, 0.3) is 0 Å². The van der Waals surface area contributed by atoms with Gasteiger partial charge in [0, 0.05) is 6.54 Å². The van der Waals surface area contributed by atoms with Crippen LogP contribution in [0, 0.1) is 17.8 Å². The fourth-order valence-corrected chi connectivity index (χ4v) is 2.75. The van der Waals surface area contributed by atoms with Gasteiger partial charge in [0.1, 0.15) is 0 Å². The van der Waals surface area contributed by atoms with Crippen LogP contribution in [0.3, 0.4) is 0 Å². The SMILES string of the molecule is CC1CC1CNCC1(O)CCC(C(=O)O)CC1. The molecule has 0 aromatic heterocycles. The zero-order chi connectivity index (χ0) is 12.5. The maximum atomic E-state index is 10.8. The summed E-state index contributed by atoms with van der Waals surface area (Å²) in [6, 6.07) is 0. The summed E-state index contributed by atoms with van der Waals surface area (Å²) in [6.07, 6.45) is 3.72. The fourth-order valence-electron chi connectivity index (χ4n) is 2.75. The molecule has 0 heterocycles. The summed E-state index contributed by atoms with van der Waals surface area (Å²) in [6.45, 7) is 3.85. The van der Waals surface area contributed by atoms with Crippen LogP contribution in [0.5, 0.6) is 0 Å². The maximum Gasteiger partial charge on any atom is 0.306 e. The predicted molar refractivity (Wildman–Crippen MR) is 64.7 cm³/mol. The quantitative estimate of drug-likeness (QED) is 0.677. The number of carboxylic acid groups (broad SMARTS) is 1. The molecule has 2 atom stereocenters. The van der Waals surface area contributed by atoms with Gasteiger partial charge in [-0.3, -0.25) is 4.79 Å². The number of nitrogens with one attached hydrogen (secondary N) is 1. The first-order chi connectivity index (χ1) is 8.00. The van der Waals surface area contributed by atoms with Gasteiger partial charge in [-0.15, -0.1) is 0 Å². The van der Waals surface area contributed by atoms with Crippen LogP contribution < -0.4 is 5.32 Å². The van der Waals surface area contributed by atoms with Crippen molar-refractivity contribution in [3.8, 4) is 0 Å². The van der Waals surface area contributed by atoms with Crippen LogP contribution in [-0.2, 0) is 4.79 Å². The van der Waals surface area contributed by atoms with Crippen molar-refractivity contribution < 1.29 is 15.0 Å². The summed E-state index contributed by atoms with van der Waals surface area (Å²) >= 11 is 0. The van der Waals surface area contributed by atoms with Crippen LogP contribution in [-0.4, -0.2) is 34.9 Å². The van der Waals surface area contributed by atoms with Gasteiger partial charge in [-0.25, -0.2) is 0 Å². The Bertz CT molecular complexity index is 284. The highest BCUT2D eigenvalue weighted by molar-refractivity contribution is 5.70. The molecule has 0 spiro atoms. The number of aliphatic hydroxyl groups is 1. The minimum atomic E-state index is -0.716. The van der Waals surface area contributed by atoms with E-state index >= 15 is 0 Å². The number of aliphatic carboxylic acids is 1. The molecule has 0 bridgehead atoms. The molecule has 0 radical (unpaired) electrons. The van der Waals surface area contributed by atoms with E-state index in [1.165, 1.54) is 6.42 Å². The molecule has 2 rings (SSSR count). The van der Waals surface area contributed by atoms with E-state index in [0.717, 1.165) is 18.4 Å². The zero-order valence-electron chi connectivity index (χ0n) is 10.5. The Morgan fingerprint density at radius 3 is 2.47 bits per heavy atom. The van der Waals surface area contributed by atoms with Crippen molar-refractivity contribution in [2.24, 2.45) is 17.8 Å². The van der Waals surface area contributed by atoms with Gasteiger partial charge in [-0.1, -0.05) is 6.92 Å². The molecule has 2 aliphatic rings. The Kier molecular flexibility index (Phi) is 3.73. The third-order valence-electron chi connectivity index (χ3n) is 4.40. The number of carboxylic acids is 1. The highest BCUT2D eigenvalue weighted by atomic mass is 16.4. The minimum absolute atomic E-state index is 0.251. The minimum Gasteiger partial charge on any atom is -0.481 e. The molecule has 2 fully saturated rings. The first-order valence-electron chi connectivity index (χ1n) is 6.66. The predicted octanol–water partition coefficient (Wildman–Crippen LogP) is 1.24. The van der Waals surface area contributed by atoms with E-state index in [0.29, 0.717) is 32.2 Å². The third kappa shape index (κ3) is 3.42. The number of hydrogen-bond acceptors (Lipinski definition) is 3. The van der Waals surface area contributed by atoms with E-state index in [1.54, 1.807) is 0 Å². The smallest absolute Gasteiger partial charge is 0.306 e. The van der Waals surface area contributed by atoms with Gasteiger partial charge in [0.15, 0.2) is 0 Å². The molecule has 0 aromatic carbocycles. The number of carbonyl (C=O) groups is 1. The first kappa shape index (κ1) is 12.8. The fraction of sp³-hybridized carbons (Fsp3) is 0.923. The van der Waals surface area contributed by atoms with Crippen LogP contribution in [0.1, 0.15) is 39.0 Å². The van der Waals surface area contributed by atoms with Gasteiger partial charge < -0.3 is 15.5 Å². The van der Waals surface area contributed by atoms with E-state index < -0.39 is 11.6 Å². The summed E-state index contributed by atoms with van der Waals surface area (Å²) < 4.78 is 0. The topological polar surface area (TPSA) is 69.6 Å². The largest absolute Gasteiger partial charge is 0.481 e. The lowest BCUT2D eigenvalue weighted by atomic mass is 9.79. The van der Waals surface area contributed by atoms with Gasteiger partial charge in [-0.05, 0) is 50.5 Å². The first-order valence-corrected chi connectivity index (χ1v) is 6.66. The second kappa shape index (κ2) is 4.94. The summed E-state index contributed by atoms with van der Waals surface area (Å²) in [5.74, 6) is 0.652. The van der Waals surface area contributed by atoms with E-state index in [4.69, 9.17) is 5.11 Å². The molecule has 0 saturated heterocycles. The average Bonchev–Trinajstić information content (AvgIpc) is 2.95. The normalized spacial score (nSPS) is 41.2. The Hall–Kier alpha value is -0.610. The molecule has 3 N–H and O–H groups in total. The van der Waals surface area contributed by atoms with Crippen molar-refractivity contribution in [2.45, 2.75) is 44.6 Å². The summed E-state index contributed by atoms with van der Waals surface area (Å²) in [7, 11) is 0. The van der Waals surface area contributed by atoms with Crippen molar-refractivity contribution >= 4 is 5.97 Å². The number of rotatable bonds is 5. The number of hydrogen-bond donors (Lipinski definition) is 3. The van der Waals surface area contributed by atoms with Gasteiger partial charge in [0.2, 0.25) is 0 Å². The Balaban J connectivity index is 1.67. The van der Waals surface area contributed by atoms with Gasteiger partial charge in [-0.2, -0.15) is 0 Å². The van der Waals surface area contributed by atoms with Crippen molar-refractivity contribution in [1.29, 1.82) is 0 Å². The molecular formula is C13H23NO3. The van der Waals surface area contributed by atoms with E-state index in [-0.39, 0.29) is 5.92 Å². The lowest BCUT2D eigenvalue weighted by Gasteiger charge is -2.34. The van der Waals surface area contributed by atoms with Crippen LogP contribution >= 0.6 is 0 Å². The Labute approximate surface area is 102 Å². The molecule has 2 unspecified atom stereocenters. The van der Waals surface area contributed by atoms with E-state index in [2.05, 4.69) is 12.2 Å². The van der Waals surface area contributed by atoms with E-state index in [1.807, 2.05) is 0 Å². The highest BCUT2D eigenvalue weighted by Crippen LogP contribution is 2.37. The summed E-state index contributed by atoms with van der Waals surface area (Å²) in [5.41, 5.74) is -0.677. The zero-order valence-corrected chi connectivity index (χ0v) is 10.5. The highest BCUT2D eigenvalue weighted by Gasteiger charge is 2.37. The molecule has 0 aromatic rings. The van der Waals surface area contributed by atoms with Crippen molar-refractivity contribution in [3.63, 3.8) is 0 Å². The lowest BCUT2D eigenvalue weighted by molar-refractivity contribution is -0.144. The average molecular weight is 241 g/mol. The summed E-state index contributed by atoms with van der Waals surface area (Å²) in [5, 5.41) is 22.5. The molecule has 98 valence electrons. The molecule has 2 saturated carbocycles. The second-order valence-corrected chi connectivity index (χ2v) is 5.94. The van der Waals surface area contributed by atoms with Crippen LogP contribution in [0.4, 0.5) is 0 Å². The van der Waals surface area contributed by atoms with Crippen molar-refractivity contribution in [3.05, 3.63) is 0 Å². The second-order valence-electron chi connectivity index (χ2n) is 5.94. The molecule has 4 nitrogen and oxygen atoms in total. The molecule has 0 amide bonds. The monoisotopic (exact) mass is 241 g/mol.